The van der Waals surface area contributed by atoms with Crippen LogP contribution in [0.5, 0.6) is 5.75 Å². The van der Waals surface area contributed by atoms with Crippen LogP contribution >= 0.6 is 0 Å². The Morgan fingerprint density at radius 3 is 2.52 bits per heavy atom. The second-order valence-corrected chi connectivity index (χ2v) is 6.88. The molecule has 9 heteroatoms. The van der Waals surface area contributed by atoms with E-state index in [-0.39, 0.29) is 36.7 Å². The van der Waals surface area contributed by atoms with Crippen LogP contribution in [0, 0.1) is 5.82 Å². The van der Waals surface area contributed by atoms with E-state index in [0.29, 0.717) is 17.0 Å². The Labute approximate surface area is 176 Å². The van der Waals surface area contributed by atoms with Gasteiger partial charge in [-0.15, -0.1) is 0 Å². The van der Waals surface area contributed by atoms with Crippen LogP contribution in [0.25, 0.3) is 16.9 Å². The maximum absolute atomic E-state index is 14.2. The van der Waals surface area contributed by atoms with E-state index in [4.69, 9.17) is 9.47 Å². The average molecular weight is 424 g/mol. The first kappa shape index (κ1) is 20.5. The zero-order valence-electron chi connectivity index (χ0n) is 17.1. The standard InChI is InChI=1S/C22H21FN4O4/c1-30-12-11-26-21(28)19-20(24-14-25(19)13-15-7-3-4-8-16(15)23)27(22(26)29)17-9-5-6-10-18(17)31-2/h3-10,14H,11-13H2,1-2H3. The number of ether oxygens (including phenoxy) is 2. The van der Waals surface area contributed by atoms with Gasteiger partial charge < -0.3 is 14.0 Å². The molecule has 0 atom stereocenters. The summed E-state index contributed by atoms with van der Waals surface area (Å²) in [6, 6.07) is 13.3. The Morgan fingerprint density at radius 1 is 1.03 bits per heavy atom. The number of para-hydroxylation sites is 2. The van der Waals surface area contributed by atoms with E-state index in [1.807, 2.05) is 0 Å². The molecule has 0 fully saturated rings. The summed E-state index contributed by atoms with van der Waals surface area (Å²) < 4.78 is 28.7. The number of nitrogens with zero attached hydrogens (tertiary/aromatic N) is 4. The molecule has 0 saturated carbocycles. The summed E-state index contributed by atoms with van der Waals surface area (Å²) in [4.78, 5) is 30.9. The summed E-state index contributed by atoms with van der Waals surface area (Å²) in [5.74, 6) is 0.0635. The molecule has 4 rings (SSSR count). The Balaban J connectivity index is 2.02. The molecular formula is C22H21FN4O4. The highest BCUT2D eigenvalue weighted by Gasteiger charge is 2.21. The lowest BCUT2D eigenvalue weighted by Gasteiger charge is -2.14. The highest BCUT2D eigenvalue weighted by atomic mass is 19.1. The van der Waals surface area contributed by atoms with E-state index in [1.54, 1.807) is 47.0 Å². The molecule has 31 heavy (non-hydrogen) atoms. The van der Waals surface area contributed by atoms with Gasteiger partial charge >= 0.3 is 5.69 Å². The van der Waals surface area contributed by atoms with Crippen molar-refractivity contribution >= 4 is 11.2 Å². The first-order valence-corrected chi connectivity index (χ1v) is 9.63. The fourth-order valence-corrected chi connectivity index (χ4v) is 3.52. The van der Waals surface area contributed by atoms with Gasteiger partial charge in [-0.25, -0.2) is 18.7 Å². The van der Waals surface area contributed by atoms with E-state index >= 15 is 0 Å². The van der Waals surface area contributed by atoms with Crippen LogP contribution in [-0.2, 0) is 17.8 Å². The number of hydrogen-bond acceptors (Lipinski definition) is 5. The van der Waals surface area contributed by atoms with Crippen LogP contribution in [-0.4, -0.2) is 39.5 Å². The normalized spacial score (nSPS) is 11.2. The molecule has 0 aliphatic rings. The van der Waals surface area contributed by atoms with Crippen molar-refractivity contribution in [3.8, 4) is 11.4 Å². The van der Waals surface area contributed by atoms with E-state index < -0.39 is 11.2 Å². The lowest BCUT2D eigenvalue weighted by molar-refractivity contribution is 0.184. The predicted octanol–water partition coefficient (Wildman–Crippen LogP) is 2.19. The lowest BCUT2D eigenvalue weighted by atomic mass is 10.2. The van der Waals surface area contributed by atoms with Crippen LogP contribution in [0.1, 0.15) is 5.56 Å². The first-order chi connectivity index (χ1) is 15.1. The maximum Gasteiger partial charge on any atom is 0.337 e. The van der Waals surface area contributed by atoms with Gasteiger partial charge in [0, 0.05) is 12.7 Å². The molecule has 4 aromatic rings. The lowest BCUT2D eigenvalue weighted by Crippen LogP contribution is -2.41. The van der Waals surface area contributed by atoms with Gasteiger partial charge in [0.05, 0.1) is 38.8 Å². The van der Waals surface area contributed by atoms with Gasteiger partial charge in [-0.1, -0.05) is 30.3 Å². The molecule has 0 saturated heterocycles. The van der Waals surface area contributed by atoms with Gasteiger partial charge in [0.25, 0.3) is 5.56 Å². The minimum atomic E-state index is -0.560. The van der Waals surface area contributed by atoms with Crippen molar-refractivity contribution in [2.45, 2.75) is 13.1 Å². The van der Waals surface area contributed by atoms with E-state index in [0.717, 1.165) is 4.57 Å². The maximum atomic E-state index is 14.2. The molecule has 0 spiro atoms. The number of hydrogen-bond donors (Lipinski definition) is 0. The molecule has 0 unspecified atom stereocenters. The molecule has 0 N–H and O–H groups in total. The number of imidazole rings is 1. The molecule has 0 amide bonds. The highest BCUT2D eigenvalue weighted by Crippen LogP contribution is 2.23. The van der Waals surface area contributed by atoms with Crippen molar-refractivity contribution in [1.82, 2.24) is 18.7 Å². The summed E-state index contributed by atoms with van der Waals surface area (Å²) in [7, 11) is 2.99. The molecule has 0 radical (unpaired) electrons. The highest BCUT2D eigenvalue weighted by molar-refractivity contribution is 5.73. The summed E-state index contributed by atoms with van der Waals surface area (Å²) in [6.45, 7) is 0.324. The summed E-state index contributed by atoms with van der Waals surface area (Å²) in [5.41, 5.74) is 0.128. The second-order valence-electron chi connectivity index (χ2n) is 6.88. The monoisotopic (exact) mass is 424 g/mol. The van der Waals surface area contributed by atoms with Crippen molar-refractivity contribution in [3.05, 3.63) is 87.1 Å². The van der Waals surface area contributed by atoms with E-state index in [9.17, 15) is 14.0 Å². The fourth-order valence-electron chi connectivity index (χ4n) is 3.52. The van der Waals surface area contributed by atoms with Crippen LogP contribution in [0.3, 0.4) is 0 Å². The third kappa shape index (κ3) is 3.64. The number of fused-ring (bicyclic) bond motifs is 1. The molecule has 2 aromatic heterocycles. The van der Waals surface area contributed by atoms with Gasteiger partial charge in [-0.2, -0.15) is 0 Å². The average Bonchev–Trinajstić information content (AvgIpc) is 3.19. The van der Waals surface area contributed by atoms with E-state index in [1.165, 1.54) is 31.2 Å². The Bertz CT molecular complexity index is 1360. The number of aromatic nitrogens is 4. The molecule has 8 nitrogen and oxygen atoms in total. The molecule has 0 aliphatic carbocycles. The van der Waals surface area contributed by atoms with Gasteiger partial charge in [-0.05, 0) is 18.2 Å². The minimum absolute atomic E-state index is 0.0597. The van der Waals surface area contributed by atoms with Crippen molar-refractivity contribution < 1.29 is 13.9 Å². The first-order valence-electron chi connectivity index (χ1n) is 9.63. The summed E-state index contributed by atoms with van der Waals surface area (Å²) in [6.07, 6.45) is 1.44. The second kappa shape index (κ2) is 8.57. The molecule has 2 heterocycles. The molecule has 0 aliphatic heterocycles. The smallest absolute Gasteiger partial charge is 0.337 e. The summed E-state index contributed by atoms with van der Waals surface area (Å²) in [5, 5.41) is 0. The predicted molar refractivity (Wildman–Crippen MR) is 114 cm³/mol. The van der Waals surface area contributed by atoms with Gasteiger partial charge in [0.15, 0.2) is 11.2 Å². The Morgan fingerprint density at radius 2 is 1.77 bits per heavy atom. The van der Waals surface area contributed by atoms with Crippen molar-refractivity contribution in [1.29, 1.82) is 0 Å². The zero-order chi connectivity index (χ0) is 22.0. The minimum Gasteiger partial charge on any atom is -0.495 e. The quantitative estimate of drug-likeness (QED) is 0.454. The third-order valence-electron chi connectivity index (χ3n) is 5.04. The topological polar surface area (TPSA) is 80.3 Å². The van der Waals surface area contributed by atoms with Crippen LogP contribution in [0.15, 0.2) is 64.4 Å². The summed E-state index contributed by atoms with van der Waals surface area (Å²) >= 11 is 0. The van der Waals surface area contributed by atoms with Crippen LogP contribution in [0.2, 0.25) is 0 Å². The van der Waals surface area contributed by atoms with Gasteiger partial charge in [-0.3, -0.25) is 9.36 Å². The number of rotatable bonds is 7. The van der Waals surface area contributed by atoms with Crippen molar-refractivity contribution in [2.75, 3.05) is 20.8 Å². The molecule has 160 valence electrons. The Hall–Kier alpha value is -3.72. The number of methoxy groups -OCH3 is 2. The van der Waals surface area contributed by atoms with Gasteiger partial charge in [0.2, 0.25) is 0 Å². The van der Waals surface area contributed by atoms with Gasteiger partial charge in [0.1, 0.15) is 11.6 Å². The van der Waals surface area contributed by atoms with Crippen molar-refractivity contribution in [3.63, 3.8) is 0 Å². The number of benzene rings is 2. The molecular weight excluding hydrogens is 403 g/mol. The van der Waals surface area contributed by atoms with Crippen LogP contribution in [0.4, 0.5) is 4.39 Å². The molecule has 0 bridgehead atoms. The SMILES string of the molecule is COCCn1c(=O)c2c(ncn2Cc2ccccc2F)n(-c2ccccc2OC)c1=O. The largest absolute Gasteiger partial charge is 0.495 e. The fraction of sp³-hybridized carbons (Fsp3) is 0.227. The van der Waals surface area contributed by atoms with E-state index in [2.05, 4.69) is 4.98 Å². The third-order valence-corrected chi connectivity index (χ3v) is 5.04. The Kier molecular flexibility index (Phi) is 5.68. The molecule has 2 aromatic carbocycles. The zero-order valence-corrected chi connectivity index (χ0v) is 17.1. The van der Waals surface area contributed by atoms with Crippen LogP contribution < -0.4 is 16.0 Å². The number of halogens is 1. The van der Waals surface area contributed by atoms with Crippen molar-refractivity contribution in [2.24, 2.45) is 0 Å².